The summed E-state index contributed by atoms with van der Waals surface area (Å²) in [4.78, 5) is 19.3. The molecule has 180 valence electrons. The Morgan fingerprint density at radius 1 is 1.03 bits per heavy atom. The fourth-order valence-electron chi connectivity index (χ4n) is 4.47. The molecule has 3 aromatic carbocycles. The van der Waals surface area contributed by atoms with E-state index in [-0.39, 0.29) is 18.1 Å². The van der Waals surface area contributed by atoms with Crippen LogP contribution in [0.5, 0.6) is 0 Å². The smallest absolute Gasteiger partial charge is 0.244 e. The molecule has 0 saturated heterocycles. The van der Waals surface area contributed by atoms with Crippen LogP contribution in [0.1, 0.15) is 27.9 Å². The SMILES string of the molecule is N#Cc1ccc(Cn2cncc2CNC2Cc3ccccc3CN(c3cc(F)cc(F)c3)C2=O)cc1. The third-order valence-corrected chi connectivity index (χ3v) is 6.36. The third kappa shape index (κ3) is 5.02. The van der Waals surface area contributed by atoms with Gasteiger partial charge in [0.15, 0.2) is 0 Å². The molecule has 1 amide bonds. The third-order valence-electron chi connectivity index (χ3n) is 6.36. The summed E-state index contributed by atoms with van der Waals surface area (Å²) in [6.07, 6.45) is 3.92. The van der Waals surface area contributed by atoms with Crippen LogP contribution >= 0.6 is 0 Å². The van der Waals surface area contributed by atoms with E-state index in [4.69, 9.17) is 5.26 Å². The predicted octanol–water partition coefficient (Wildman–Crippen LogP) is 4.33. The second-order valence-corrected chi connectivity index (χ2v) is 8.78. The summed E-state index contributed by atoms with van der Waals surface area (Å²) in [5, 5.41) is 12.3. The number of nitrogens with one attached hydrogen (secondary N) is 1. The van der Waals surface area contributed by atoms with Gasteiger partial charge in [0.25, 0.3) is 0 Å². The van der Waals surface area contributed by atoms with E-state index in [1.807, 2.05) is 41.0 Å². The summed E-state index contributed by atoms with van der Waals surface area (Å²) >= 11 is 0. The summed E-state index contributed by atoms with van der Waals surface area (Å²) < 4.78 is 29.9. The van der Waals surface area contributed by atoms with Crippen LogP contribution in [0.4, 0.5) is 14.5 Å². The van der Waals surface area contributed by atoms with Crippen molar-refractivity contribution in [2.24, 2.45) is 0 Å². The Morgan fingerprint density at radius 2 is 1.75 bits per heavy atom. The average molecular weight is 484 g/mol. The van der Waals surface area contributed by atoms with Crippen LogP contribution in [-0.2, 0) is 30.8 Å². The Kier molecular flexibility index (Phi) is 6.56. The Hall–Kier alpha value is -4.35. The molecule has 36 heavy (non-hydrogen) atoms. The van der Waals surface area contributed by atoms with Crippen molar-refractivity contribution in [1.29, 1.82) is 5.26 Å². The van der Waals surface area contributed by atoms with Gasteiger partial charge < -0.3 is 9.47 Å². The fourth-order valence-corrected chi connectivity index (χ4v) is 4.47. The number of carbonyl (C=O) groups excluding carboxylic acids is 1. The number of halogens is 2. The molecule has 0 fully saturated rings. The van der Waals surface area contributed by atoms with E-state index in [2.05, 4.69) is 16.4 Å². The van der Waals surface area contributed by atoms with Gasteiger partial charge in [-0.05, 0) is 47.4 Å². The van der Waals surface area contributed by atoms with Gasteiger partial charge in [0.05, 0.1) is 36.2 Å². The first-order valence-electron chi connectivity index (χ1n) is 11.6. The van der Waals surface area contributed by atoms with E-state index in [1.54, 1.807) is 24.7 Å². The van der Waals surface area contributed by atoms with Crippen LogP contribution < -0.4 is 10.2 Å². The minimum Gasteiger partial charge on any atom is -0.329 e. The van der Waals surface area contributed by atoms with Gasteiger partial charge in [-0.3, -0.25) is 10.1 Å². The highest BCUT2D eigenvalue weighted by molar-refractivity contribution is 5.98. The van der Waals surface area contributed by atoms with Crippen molar-refractivity contribution in [1.82, 2.24) is 14.9 Å². The lowest BCUT2D eigenvalue weighted by atomic mass is 10.0. The molecule has 8 heteroatoms. The predicted molar refractivity (Wildman–Crippen MR) is 131 cm³/mol. The minimum atomic E-state index is -0.730. The van der Waals surface area contributed by atoms with Crippen molar-refractivity contribution in [2.45, 2.75) is 32.1 Å². The number of hydrogen-bond donors (Lipinski definition) is 1. The minimum absolute atomic E-state index is 0.187. The second-order valence-electron chi connectivity index (χ2n) is 8.78. The first-order chi connectivity index (χ1) is 17.5. The lowest BCUT2D eigenvalue weighted by Crippen LogP contribution is -2.46. The Bertz CT molecular complexity index is 1420. The number of hydrogen-bond acceptors (Lipinski definition) is 4. The lowest BCUT2D eigenvalue weighted by Gasteiger charge is -2.25. The molecule has 2 heterocycles. The number of anilines is 1. The number of nitrogens with zero attached hydrogens (tertiary/aromatic N) is 4. The molecular weight excluding hydrogens is 460 g/mol. The molecule has 1 N–H and O–H groups in total. The van der Waals surface area contributed by atoms with Crippen molar-refractivity contribution in [2.75, 3.05) is 4.90 Å². The number of imidazole rings is 1. The Balaban J connectivity index is 1.38. The van der Waals surface area contributed by atoms with E-state index < -0.39 is 17.7 Å². The summed E-state index contributed by atoms with van der Waals surface area (Å²) in [5.74, 6) is -1.72. The maximum Gasteiger partial charge on any atom is 0.244 e. The van der Waals surface area contributed by atoms with Crippen molar-refractivity contribution in [3.63, 3.8) is 0 Å². The number of amides is 1. The largest absolute Gasteiger partial charge is 0.329 e. The topological polar surface area (TPSA) is 74.0 Å². The molecule has 0 bridgehead atoms. The van der Waals surface area contributed by atoms with E-state index in [1.165, 1.54) is 17.0 Å². The van der Waals surface area contributed by atoms with Crippen molar-refractivity contribution >= 4 is 11.6 Å². The van der Waals surface area contributed by atoms with Gasteiger partial charge >= 0.3 is 0 Å². The fraction of sp³-hybridized carbons (Fsp3) is 0.179. The molecule has 0 spiro atoms. The number of rotatable bonds is 6. The first-order valence-corrected chi connectivity index (χ1v) is 11.6. The Morgan fingerprint density at radius 3 is 2.47 bits per heavy atom. The first kappa shape index (κ1) is 23.4. The van der Waals surface area contributed by atoms with Crippen LogP contribution in [-0.4, -0.2) is 21.5 Å². The second kappa shape index (κ2) is 10.1. The van der Waals surface area contributed by atoms with Gasteiger partial charge in [-0.25, -0.2) is 13.8 Å². The van der Waals surface area contributed by atoms with E-state index in [0.717, 1.165) is 28.5 Å². The standard InChI is InChI=1S/C28H23F2N5O/c29-23-10-24(30)12-25(11-23)35-17-22-4-2-1-3-21(22)9-27(28(35)36)33-15-26-14-32-18-34(26)16-20-7-5-19(13-31)6-8-20/h1-8,10-12,14,18,27,33H,9,15-17H2. The summed E-state index contributed by atoms with van der Waals surface area (Å²) in [5.41, 5.74) is 4.63. The highest BCUT2D eigenvalue weighted by atomic mass is 19.1. The Labute approximate surface area is 207 Å². The maximum atomic E-state index is 14.0. The highest BCUT2D eigenvalue weighted by Crippen LogP contribution is 2.26. The molecule has 1 aromatic heterocycles. The van der Waals surface area contributed by atoms with Gasteiger partial charge in [-0.2, -0.15) is 5.26 Å². The molecular formula is C28H23F2N5O. The molecule has 0 saturated carbocycles. The molecule has 0 radical (unpaired) electrons. The molecule has 5 rings (SSSR count). The summed E-state index contributed by atoms with van der Waals surface area (Å²) in [6.45, 7) is 1.17. The molecule has 1 unspecified atom stereocenters. The molecule has 1 atom stereocenters. The molecule has 1 aliphatic heterocycles. The number of carbonyl (C=O) groups is 1. The van der Waals surface area contributed by atoms with Gasteiger partial charge in [-0.15, -0.1) is 0 Å². The number of aromatic nitrogens is 2. The van der Waals surface area contributed by atoms with Gasteiger partial charge in [0, 0.05) is 31.0 Å². The lowest BCUT2D eigenvalue weighted by molar-refractivity contribution is -0.120. The zero-order valence-electron chi connectivity index (χ0n) is 19.4. The average Bonchev–Trinajstić information content (AvgIpc) is 3.26. The quantitative estimate of drug-likeness (QED) is 0.443. The van der Waals surface area contributed by atoms with E-state index >= 15 is 0 Å². The zero-order chi connectivity index (χ0) is 25.1. The summed E-state index contributed by atoms with van der Waals surface area (Å²) in [6, 6.07) is 19.7. The van der Waals surface area contributed by atoms with Crippen molar-refractivity contribution < 1.29 is 13.6 Å². The number of fused-ring (bicyclic) bond motifs is 1. The number of nitriles is 1. The zero-order valence-corrected chi connectivity index (χ0v) is 19.4. The van der Waals surface area contributed by atoms with Gasteiger partial charge in [-0.1, -0.05) is 36.4 Å². The van der Waals surface area contributed by atoms with Crippen LogP contribution in [0.15, 0.2) is 79.3 Å². The van der Waals surface area contributed by atoms with E-state index in [9.17, 15) is 13.6 Å². The molecule has 0 aliphatic carbocycles. The number of benzene rings is 3. The van der Waals surface area contributed by atoms with Crippen molar-refractivity contribution in [3.05, 3.63) is 119 Å². The van der Waals surface area contributed by atoms with Gasteiger partial charge in [0.2, 0.25) is 5.91 Å². The van der Waals surface area contributed by atoms with Crippen LogP contribution in [0.25, 0.3) is 0 Å². The van der Waals surface area contributed by atoms with Crippen LogP contribution in [0.3, 0.4) is 0 Å². The molecule has 1 aliphatic rings. The highest BCUT2D eigenvalue weighted by Gasteiger charge is 2.31. The molecule has 6 nitrogen and oxygen atoms in total. The van der Waals surface area contributed by atoms with Gasteiger partial charge in [0.1, 0.15) is 11.6 Å². The van der Waals surface area contributed by atoms with Crippen LogP contribution in [0, 0.1) is 23.0 Å². The van der Waals surface area contributed by atoms with Crippen molar-refractivity contribution in [3.8, 4) is 6.07 Å². The maximum absolute atomic E-state index is 14.0. The summed E-state index contributed by atoms with van der Waals surface area (Å²) in [7, 11) is 0. The monoisotopic (exact) mass is 483 g/mol. The van der Waals surface area contributed by atoms with E-state index in [0.29, 0.717) is 25.1 Å². The normalized spacial score (nSPS) is 15.3. The molecule has 4 aromatic rings. The van der Waals surface area contributed by atoms with Crippen LogP contribution in [0.2, 0.25) is 0 Å².